The number of carboxylic acids is 1. The molecule has 0 aromatic heterocycles. The molecule has 7 nitrogen and oxygen atoms in total. The fraction of sp³-hybridized carbons (Fsp3) is 0.440. The minimum Gasteiger partial charge on any atom is -0.475 e. The lowest BCUT2D eigenvalue weighted by Gasteiger charge is -2.16. The quantitative estimate of drug-likeness (QED) is 0.388. The number of unbranched alkanes of at least 4 members (excludes halogenated alkanes) is 1. The first-order valence-electron chi connectivity index (χ1n) is 11.5. The predicted octanol–water partition coefficient (Wildman–Crippen LogP) is 5.19. The molecular weight excluding hydrogens is 497 g/mol. The van der Waals surface area contributed by atoms with E-state index in [-0.39, 0.29) is 10.8 Å². The molecule has 198 valence electrons. The highest BCUT2D eigenvalue weighted by atomic mass is 32.2. The molecule has 2 aromatic rings. The van der Waals surface area contributed by atoms with Crippen LogP contribution in [0, 0.1) is 0 Å². The number of amides is 1. The molecule has 0 aliphatic heterocycles. The van der Waals surface area contributed by atoms with Crippen molar-refractivity contribution in [3.8, 4) is 0 Å². The van der Waals surface area contributed by atoms with Crippen molar-refractivity contribution in [3.05, 3.63) is 59.7 Å². The van der Waals surface area contributed by atoms with Crippen LogP contribution in [0.2, 0.25) is 0 Å². The average molecular weight is 529 g/mol. The maximum atomic E-state index is 12.7. The van der Waals surface area contributed by atoms with Crippen LogP contribution in [0.4, 0.5) is 18.9 Å². The maximum absolute atomic E-state index is 12.7. The summed E-state index contributed by atoms with van der Waals surface area (Å²) in [5.74, 6) is -2.34. The van der Waals surface area contributed by atoms with Gasteiger partial charge in [0.05, 0.1) is 10.3 Å². The van der Waals surface area contributed by atoms with Crippen LogP contribution in [-0.2, 0) is 25.0 Å². The van der Waals surface area contributed by atoms with Crippen LogP contribution in [0.1, 0.15) is 63.5 Å². The van der Waals surface area contributed by atoms with Gasteiger partial charge in [0, 0.05) is 12.2 Å². The lowest BCUT2D eigenvalue weighted by atomic mass is 9.94. The Balaban J connectivity index is 0.000000572. The van der Waals surface area contributed by atoms with E-state index in [0.29, 0.717) is 18.2 Å². The molecule has 3 N–H and O–H groups in total. The maximum Gasteiger partial charge on any atom is 0.490 e. The van der Waals surface area contributed by atoms with Crippen molar-refractivity contribution >= 4 is 27.6 Å². The molecule has 1 aliphatic rings. The zero-order valence-corrected chi connectivity index (χ0v) is 21.2. The number of halogens is 3. The smallest absolute Gasteiger partial charge is 0.475 e. The summed E-state index contributed by atoms with van der Waals surface area (Å²) < 4.78 is 59.7. The molecule has 1 amide bonds. The lowest BCUT2D eigenvalue weighted by molar-refractivity contribution is -0.192. The summed E-state index contributed by atoms with van der Waals surface area (Å²) >= 11 is 0. The highest BCUT2D eigenvalue weighted by Gasteiger charge is 2.51. The van der Waals surface area contributed by atoms with Gasteiger partial charge in [-0.2, -0.15) is 13.2 Å². The van der Waals surface area contributed by atoms with E-state index in [1.54, 1.807) is 24.3 Å². The van der Waals surface area contributed by atoms with Crippen LogP contribution in [0.5, 0.6) is 0 Å². The van der Waals surface area contributed by atoms with Crippen molar-refractivity contribution < 1.29 is 36.3 Å². The van der Waals surface area contributed by atoms with Gasteiger partial charge in [-0.25, -0.2) is 13.2 Å². The van der Waals surface area contributed by atoms with Crippen LogP contribution in [0.3, 0.4) is 0 Å². The third-order valence-corrected chi connectivity index (χ3v) is 7.19. The standard InChI is InChI=1S/C23H30N2O3S.C2HF3O2/c1-4-5-16-24-22(26)23(14-15-23)19-8-10-20(11-9-19)25-29(27,28)21-12-6-18(7-13-21)17(2)3;3-2(4,5)1(6)7/h6-13,17,25H,4-5,14-16H2,1-3H3,(H,24,26);(H,6,7). The number of alkyl halides is 3. The molecule has 1 fully saturated rings. The number of sulfonamides is 1. The van der Waals surface area contributed by atoms with E-state index in [1.165, 1.54) is 0 Å². The fourth-order valence-corrected chi connectivity index (χ4v) is 4.48. The van der Waals surface area contributed by atoms with E-state index in [2.05, 4.69) is 30.8 Å². The Labute approximate surface area is 209 Å². The van der Waals surface area contributed by atoms with Gasteiger partial charge in [0.1, 0.15) is 0 Å². The van der Waals surface area contributed by atoms with Crippen molar-refractivity contribution in [2.24, 2.45) is 0 Å². The van der Waals surface area contributed by atoms with Crippen LogP contribution in [0.25, 0.3) is 0 Å². The number of carbonyl (C=O) groups excluding carboxylic acids is 1. The number of hydrogen-bond donors (Lipinski definition) is 3. The Kier molecular flexibility index (Phi) is 9.53. The number of benzene rings is 2. The summed E-state index contributed by atoms with van der Waals surface area (Å²) in [6, 6.07) is 14.1. The number of rotatable bonds is 9. The van der Waals surface area contributed by atoms with Crippen LogP contribution in [0.15, 0.2) is 53.4 Å². The van der Waals surface area contributed by atoms with Gasteiger partial charge in [0.2, 0.25) is 5.91 Å². The number of nitrogens with one attached hydrogen (secondary N) is 2. The van der Waals surface area contributed by atoms with Crippen molar-refractivity contribution in [2.45, 2.75) is 68.9 Å². The minimum absolute atomic E-state index is 0.0736. The van der Waals surface area contributed by atoms with Crippen molar-refractivity contribution in [3.63, 3.8) is 0 Å². The molecule has 1 saturated carbocycles. The van der Waals surface area contributed by atoms with Gasteiger partial charge in [-0.15, -0.1) is 0 Å². The Bertz CT molecular complexity index is 1140. The molecule has 0 saturated heterocycles. The highest BCUT2D eigenvalue weighted by Crippen LogP contribution is 2.48. The lowest BCUT2D eigenvalue weighted by Crippen LogP contribution is -2.35. The van der Waals surface area contributed by atoms with E-state index in [1.807, 2.05) is 24.3 Å². The topological polar surface area (TPSA) is 113 Å². The van der Waals surface area contributed by atoms with E-state index in [4.69, 9.17) is 9.90 Å². The largest absolute Gasteiger partial charge is 0.490 e. The zero-order chi connectivity index (χ0) is 27.1. The van der Waals surface area contributed by atoms with Gasteiger partial charge >= 0.3 is 12.1 Å². The summed E-state index contributed by atoms with van der Waals surface area (Å²) in [4.78, 5) is 21.7. The van der Waals surface area contributed by atoms with Crippen LogP contribution in [-0.4, -0.2) is 38.1 Å². The average Bonchev–Trinajstić information content (AvgIpc) is 3.61. The van der Waals surface area contributed by atoms with Gasteiger partial charge in [0.25, 0.3) is 10.0 Å². The molecule has 0 radical (unpaired) electrons. The molecule has 0 unspecified atom stereocenters. The third kappa shape index (κ3) is 7.71. The minimum atomic E-state index is -5.08. The SMILES string of the molecule is CCCCNC(=O)C1(c2ccc(NS(=O)(=O)c3ccc(C(C)C)cc3)cc2)CC1.O=C(O)C(F)(F)F. The Morgan fingerprint density at radius 3 is 1.97 bits per heavy atom. The molecule has 0 spiro atoms. The normalized spacial score (nSPS) is 14.4. The van der Waals surface area contributed by atoms with Gasteiger partial charge in [0.15, 0.2) is 0 Å². The van der Waals surface area contributed by atoms with Gasteiger partial charge in [-0.1, -0.05) is 51.5 Å². The van der Waals surface area contributed by atoms with Crippen LogP contribution < -0.4 is 10.0 Å². The Morgan fingerprint density at radius 2 is 1.56 bits per heavy atom. The molecule has 36 heavy (non-hydrogen) atoms. The predicted molar refractivity (Wildman–Crippen MR) is 130 cm³/mol. The summed E-state index contributed by atoms with van der Waals surface area (Å²) in [5, 5.41) is 10.1. The monoisotopic (exact) mass is 528 g/mol. The van der Waals surface area contributed by atoms with Gasteiger partial charge in [-0.05, 0) is 60.6 Å². The summed E-state index contributed by atoms with van der Waals surface area (Å²) in [5.41, 5.74) is 2.08. The van der Waals surface area contributed by atoms with Crippen LogP contribution >= 0.6 is 0 Å². The number of anilines is 1. The first-order valence-corrected chi connectivity index (χ1v) is 13.0. The van der Waals surface area contributed by atoms with Crippen molar-refractivity contribution in [2.75, 3.05) is 11.3 Å². The Morgan fingerprint density at radius 1 is 1.03 bits per heavy atom. The first kappa shape index (κ1) is 29.2. The molecule has 0 atom stereocenters. The second-order valence-electron chi connectivity index (χ2n) is 8.90. The molecule has 2 aromatic carbocycles. The molecular formula is C25H31F3N2O5S. The number of carboxylic acid groups (broad SMARTS) is 1. The van der Waals surface area contributed by atoms with E-state index in [0.717, 1.165) is 36.8 Å². The van der Waals surface area contributed by atoms with E-state index in [9.17, 15) is 26.4 Å². The molecule has 0 bridgehead atoms. The van der Waals surface area contributed by atoms with Crippen molar-refractivity contribution in [1.29, 1.82) is 0 Å². The fourth-order valence-electron chi connectivity index (χ4n) is 3.42. The second-order valence-corrected chi connectivity index (χ2v) is 10.6. The Hall–Kier alpha value is -3.08. The first-order chi connectivity index (χ1) is 16.7. The molecule has 1 aliphatic carbocycles. The molecule has 3 rings (SSSR count). The zero-order valence-electron chi connectivity index (χ0n) is 20.4. The summed E-state index contributed by atoms with van der Waals surface area (Å²) in [6.45, 7) is 6.93. The molecule has 11 heteroatoms. The summed E-state index contributed by atoms with van der Waals surface area (Å²) in [7, 11) is -3.65. The number of hydrogen-bond acceptors (Lipinski definition) is 4. The number of carbonyl (C=O) groups is 2. The van der Waals surface area contributed by atoms with Gasteiger partial charge in [-0.3, -0.25) is 9.52 Å². The summed E-state index contributed by atoms with van der Waals surface area (Å²) in [6.07, 6.45) is -1.40. The van der Waals surface area contributed by atoms with Crippen molar-refractivity contribution in [1.82, 2.24) is 5.32 Å². The number of aliphatic carboxylic acids is 1. The second kappa shape index (κ2) is 11.8. The van der Waals surface area contributed by atoms with Gasteiger partial charge < -0.3 is 10.4 Å². The third-order valence-electron chi connectivity index (χ3n) is 5.79. The van der Waals surface area contributed by atoms with E-state index < -0.39 is 27.6 Å². The molecule has 0 heterocycles. The highest BCUT2D eigenvalue weighted by molar-refractivity contribution is 7.92. The van der Waals surface area contributed by atoms with E-state index >= 15 is 0 Å².